The molecule has 3 aromatic rings. The highest BCUT2D eigenvalue weighted by atomic mass is 16.7. The molecule has 2 saturated heterocycles. The molecule has 2 amide bonds. The predicted molar refractivity (Wildman–Crippen MR) is 180 cm³/mol. The van der Waals surface area contributed by atoms with Gasteiger partial charge in [-0.2, -0.15) is 0 Å². The zero-order valence-corrected chi connectivity index (χ0v) is 27.1. The van der Waals surface area contributed by atoms with Crippen LogP contribution in [0.3, 0.4) is 0 Å². The van der Waals surface area contributed by atoms with E-state index in [1.54, 1.807) is 0 Å². The molecule has 0 spiro atoms. The van der Waals surface area contributed by atoms with E-state index >= 15 is 0 Å². The number of likely N-dealkylation sites (tertiary alicyclic amines) is 1. The van der Waals surface area contributed by atoms with Crippen molar-refractivity contribution in [2.75, 3.05) is 26.2 Å². The molecule has 3 aromatic carbocycles. The van der Waals surface area contributed by atoms with Crippen molar-refractivity contribution < 1.29 is 24.2 Å². The lowest BCUT2D eigenvalue weighted by atomic mass is 9.98. The standard InChI is InChI=1S/C38H49N3O5/c1-28(43)39-20-5-2-4-11-37(44)40-25-30-9-8-10-34(23-30)31-16-18-33(19-17-31)38-45-35(26-41-21-6-3-7-22-41)24-36(46-38)32-14-12-29(27-42)13-15-32/h8-10,12-19,23,35-36,38,42H,2-7,11,20-22,24-27H2,1H3,(H,39,43)(H,40,44)/t35-,36+,38+/m1/s1. The minimum atomic E-state index is -0.466. The molecule has 2 heterocycles. The highest BCUT2D eigenvalue weighted by molar-refractivity contribution is 5.76. The van der Waals surface area contributed by atoms with E-state index in [1.165, 1.54) is 26.2 Å². The Morgan fingerprint density at radius 3 is 2.33 bits per heavy atom. The Labute approximate surface area is 273 Å². The van der Waals surface area contributed by atoms with Gasteiger partial charge in [-0.15, -0.1) is 0 Å². The fourth-order valence-corrected chi connectivity index (χ4v) is 6.30. The first kappa shape index (κ1) is 33.8. The smallest absolute Gasteiger partial charge is 0.220 e. The SMILES string of the molecule is CC(=O)NCCCCCC(=O)NCc1cccc(-c2ccc([C@H]3O[C@@H](CN4CCCCC4)C[C@@H](c4ccc(CO)cc4)O3)cc2)c1. The van der Waals surface area contributed by atoms with Gasteiger partial charge in [0.05, 0.1) is 18.8 Å². The van der Waals surface area contributed by atoms with E-state index in [9.17, 15) is 14.7 Å². The first-order valence-electron chi connectivity index (χ1n) is 16.9. The highest BCUT2D eigenvalue weighted by Gasteiger charge is 2.33. The molecule has 246 valence electrons. The van der Waals surface area contributed by atoms with Gasteiger partial charge in [0.2, 0.25) is 11.8 Å². The van der Waals surface area contributed by atoms with Crippen molar-refractivity contribution in [3.8, 4) is 11.1 Å². The lowest BCUT2D eigenvalue weighted by Gasteiger charge is -2.39. The summed E-state index contributed by atoms with van der Waals surface area (Å²) in [5.74, 6) is 0.0267. The number of unbranched alkanes of at least 4 members (excludes halogenated alkanes) is 2. The number of amides is 2. The second-order valence-electron chi connectivity index (χ2n) is 12.6. The summed E-state index contributed by atoms with van der Waals surface area (Å²) in [6.45, 7) is 5.85. The zero-order chi connectivity index (χ0) is 32.1. The highest BCUT2D eigenvalue weighted by Crippen LogP contribution is 2.39. The summed E-state index contributed by atoms with van der Waals surface area (Å²) < 4.78 is 13.2. The number of ether oxygens (including phenoxy) is 2. The first-order valence-corrected chi connectivity index (χ1v) is 16.9. The number of hydrogen-bond donors (Lipinski definition) is 3. The first-order chi connectivity index (χ1) is 22.5. The maximum absolute atomic E-state index is 12.4. The number of carbonyl (C=O) groups is 2. The second-order valence-corrected chi connectivity index (χ2v) is 12.6. The summed E-state index contributed by atoms with van der Waals surface area (Å²) in [7, 11) is 0. The van der Waals surface area contributed by atoms with Gasteiger partial charge in [0, 0.05) is 45.0 Å². The lowest BCUT2D eigenvalue weighted by molar-refractivity contribution is -0.253. The summed E-state index contributed by atoms with van der Waals surface area (Å²) in [5.41, 5.74) is 6.22. The van der Waals surface area contributed by atoms with Crippen molar-refractivity contribution in [2.24, 2.45) is 0 Å². The Morgan fingerprint density at radius 1 is 0.826 bits per heavy atom. The van der Waals surface area contributed by atoms with Crippen LogP contribution in [-0.2, 0) is 32.2 Å². The zero-order valence-electron chi connectivity index (χ0n) is 27.1. The van der Waals surface area contributed by atoms with Crippen molar-refractivity contribution in [1.29, 1.82) is 0 Å². The Morgan fingerprint density at radius 2 is 1.59 bits per heavy atom. The Balaban J connectivity index is 1.19. The van der Waals surface area contributed by atoms with Gasteiger partial charge in [-0.1, -0.05) is 79.6 Å². The minimum Gasteiger partial charge on any atom is -0.392 e. The Kier molecular flexibility index (Phi) is 12.8. The van der Waals surface area contributed by atoms with E-state index in [0.717, 1.165) is 78.7 Å². The third-order valence-corrected chi connectivity index (χ3v) is 8.91. The molecule has 0 aromatic heterocycles. The minimum absolute atomic E-state index is 0.0177. The third-order valence-electron chi connectivity index (χ3n) is 8.91. The van der Waals surface area contributed by atoms with Crippen LogP contribution in [0.4, 0.5) is 0 Å². The maximum Gasteiger partial charge on any atom is 0.220 e. The van der Waals surface area contributed by atoms with Gasteiger partial charge in [-0.05, 0) is 72.7 Å². The molecule has 8 nitrogen and oxygen atoms in total. The normalized spacial score (nSPS) is 20.3. The Bertz CT molecular complexity index is 1390. The molecule has 2 fully saturated rings. The van der Waals surface area contributed by atoms with E-state index < -0.39 is 6.29 Å². The number of carbonyl (C=O) groups excluding carboxylic acids is 2. The molecule has 8 heteroatoms. The molecule has 0 radical (unpaired) electrons. The lowest BCUT2D eigenvalue weighted by Crippen LogP contribution is -2.41. The molecule has 0 bridgehead atoms. The number of benzene rings is 3. The molecular weight excluding hydrogens is 578 g/mol. The summed E-state index contributed by atoms with van der Waals surface area (Å²) in [4.78, 5) is 25.8. The number of nitrogens with zero attached hydrogens (tertiary/aromatic N) is 1. The molecule has 0 unspecified atom stereocenters. The molecule has 0 saturated carbocycles. The van der Waals surface area contributed by atoms with Gasteiger partial charge in [-0.3, -0.25) is 9.59 Å². The van der Waals surface area contributed by atoms with Crippen LogP contribution in [0.5, 0.6) is 0 Å². The van der Waals surface area contributed by atoms with Crippen LogP contribution < -0.4 is 10.6 Å². The maximum atomic E-state index is 12.4. The quantitative estimate of drug-likeness (QED) is 0.184. The van der Waals surface area contributed by atoms with Gasteiger partial charge in [0.25, 0.3) is 0 Å². The number of piperidine rings is 1. The summed E-state index contributed by atoms with van der Waals surface area (Å²) in [6, 6.07) is 24.7. The largest absolute Gasteiger partial charge is 0.392 e. The second kappa shape index (κ2) is 17.4. The van der Waals surface area contributed by atoms with Crippen molar-refractivity contribution in [2.45, 2.75) is 89.9 Å². The number of hydrogen-bond acceptors (Lipinski definition) is 6. The Hall–Kier alpha value is -3.56. The molecule has 5 rings (SSSR count). The summed E-state index contributed by atoms with van der Waals surface area (Å²) in [5, 5.41) is 15.3. The molecule has 3 atom stereocenters. The van der Waals surface area contributed by atoms with E-state index in [4.69, 9.17) is 9.47 Å². The molecule has 0 aliphatic carbocycles. The average Bonchev–Trinajstić information content (AvgIpc) is 3.09. The number of aliphatic hydroxyl groups is 1. The molecule has 46 heavy (non-hydrogen) atoms. The molecule has 3 N–H and O–H groups in total. The van der Waals surface area contributed by atoms with Gasteiger partial charge in [-0.25, -0.2) is 0 Å². The van der Waals surface area contributed by atoms with Crippen LogP contribution in [0.2, 0.25) is 0 Å². The van der Waals surface area contributed by atoms with Crippen LogP contribution >= 0.6 is 0 Å². The van der Waals surface area contributed by atoms with Gasteiger partial charge >= 0.3 is 0 Å². The predicted octanol–water partition coefficient (Wildman–Crippen LogP) is 6.19. The van der Waals surface area contributed by atoms with Crippen molar-refractivity contribution >= 4 is 11.8 Å². The monoisotopic (exact) mass is 627 g/mol. The van der Waals surface area contributed by atoms with Crippen molar-refractivity contribution in [1.82, 2.24) is 15.5 Å². The molecule has 2 aliphatic rings. The summed E-state index contributed by atoms with van der Waals surface area (Å²) >= 11 is 0. The van der Waals surface area contributed by atoms with E-state index in [1.807, 2.05) is 24.3 Å². The fraction of sp³-hybridized carbons (Fsp3) is 0.474. The third kappa shape index (κ3) is 10.2. The number of rotatable bonds is 14. The van der Waals surface area contributed by atoms with E-state index in [-0.39, 0.29) is 30.6 Å². The van der Waals surface area contributed by atoms with Crippen molar-refractivity contribution in [3.63, 3.8) is 0 Å². The number of aliphatic hydroxyl groups excluding tert-OH is 1. The van der Waals surface area contributed by atoms with Gasteiger partial charge in [0.1, 0.15) is 0 Å². The molecule has 2 aliphatic heterocycles. The number of nitrogens with one attached hydrogen (secondary N) is 2. The molecular formula is C38H49N3O5. The van der Waals surface area contributed by atoms with E-state index in [2.05, 4.69) is 64.1 Å². The topological polar surface area (TPSA) is 100 Å². The van der Waals surface area contributed by atoms with Crippen LogP contribution in [0.15, 0.2) is 72.8 Å². The van der Waals surface area contributed by atoms with Crippen LogP contribution in [0.1, 0.15) is 92.9 Å². The van der Waals surface area contributed by atoms with Crippen LogP contribution in [0.25, 0.3) is 11.1 Å². The van der Waals surface area contributed by atoms with E-state index in [0.29, 0.717) is 19.5 Å². The van der Waals surface area contributed by atoms with Crippen LogP contribution in [-0.4, -0.2) is 54.1 Å². The van der Waals surface area contributed by atoms with Crippen LogP contribution in [0, 0.1) is 0 Å². The van der Waals surface area contributed by atoms with Gasteiger partial charge < -0.3 is 30.1 Å². The average molecular weight is 628 g/mol. The fourth-order valence-electron chi connectivity index (χ4n) is 6.30. The van der Waals surface area contributed by atoms with Crippen molar-refractivity contribution in [3.05, 3.63) is 95.1 Å². The van der Waals surface area contributed by atoms with Gasteiger partial charge in [0.15, 0.2) is 6.29 Å². The summed E-state index contributed by atoms with van der Waals surface area (Å²) in [6.07, 6.45) is 7.19.